The average Bonchev–Trinajstić information content (AvgIpc) is 3.40. The number of sulfonamides is 1. The largest absolute Gasteiger partial charge is 0.333 e. The first-order valence-corrected chi connectivity index (χ1v) is 12.2. The van der Waals surface area contributed by atoms with Crippen LogP contribution in [0.15, 0.2) is 34.1 Å². The highest BCUT2D eigenvalue weighted by atomic mass is 32.2. The van der Waals surface area contributed by atoms with Crippen LogP contribution in [-0.2, 0) is 42.1 Å². The standard InChI is InChI=1S/C21H22N2O3S2/c24-21(23-28(25,26)16-8-7-13-9-10-27-19(13)12-16)22-20-17-5-1-3-14(17)11-15-4-2-6-18(15)20/h7-8,11-12H,1-6,9-10H2,(H2,22,23,24). The first kappa shape index (κ1) is 18.1. The Morgan fingerprint density at radius 1 is 0.893 bits per heavy atom. The Balaban J connectivity index is 1.40. The summed E-state index contributed by atoms with van der Waals surface area (Å²) in [6, 6.07) is 6.70. The van der Waals surface area contributed by atoms with Crippen LogP contribution in [0.25, 0.3) is 0 Å². The Hall–Kier alpha value is -1.99. The number of fused-ring (bicyclic) bond motifs is 3. The van der Waals surface area contributed by atoms with E-state index in [4.69, 9.17) is 0 Å². The van der Waals surface area contributed by atoms with Gasteiger partial charge in [-0.3, -0.25) is 0 Å². The van der Waals surface area contributed by atoms with Crippen LogP contribution in [-0.4, -0.2) is 20.2 Å². The van der Waals surface area contributed by atoms with E-state index in [1.165, 1.54) is 27.8 Å². The highest BCUT2D eigenvalue weighted by Crippen LogP contribution is 2.38. The molecule has 0 bridgehead atoms. The number of hydrogen-bond donors (Lipinski definition) is 2. The van der Waals surface area contributed by atoms with Crippen molar-refractivity contribution in [1.29, 1.82) is 0 Å². The minimum Gasteiger partial charge on any atom is -0.307 e. The first-order chi connectivity index (χ1) is 13.5. The number of benzene rings is 2. The first-order valence-electron chi connectivity index (χ1n) is 9.77. The lowest BCUT2D eigenvalue weighted by atomic mass is 9.99. The van der Waals surface area contributed by atoms with Crippen molar-refractivity contribution in [2.45, 2.75) is 54.7 Å². The average molecular weight is 415 g/mol. The molecular weight excluding hydrogens is 392 g/mol. The molecule has 0 aromatic heterocycles. The molecule has 7 heteroatoms. The molecule has 2 amide bonds. The van der Waals surface area contributed by atoms with Crippen molar-refractivity contribution in [3.8, 4) is 0 Å². The molecule has 5 nitrogen and oxygen atoms in total. The van der Waals surface area contributed by atoms with Crippen LogP contribution >= 0.6 is 11.8 Å². The molecule has 2 N–H and O–H groups in total. The Bertz CT molecular complexity index is 1060. The Morgan fingerprint density at radius 3 is 2.32 bits per heavy atom. The molecule has 28 heavy (non-hydrogen) atoms. The zero-order valence-corrected chi connectivity index (χ0v) is 17.1. The van der Waals surface area contributed by atoms with E-state index in [0.29, 0.717) is 0 Å². The number of carbonyl (C=O) groups excluding carboxylic acids is 1. The lowest BCUT2D eigenvalue weighted by molar-refractivity contribution is 0.256. The summed E-state index contributed by atoms with van der Waals surface area (Å²) in [6.45, 7) is 0. The van der Waals surface area contributed by atoms with Gasteiger partial charge in [0.25, 0.3) is 10.0 Å². The van der Waals surface area contributed by atoms with Crippen molar-refractivity contribution < 1.29 is 13.2 Å². The fourth-order valence-electron chi connectivity index (χ4n) is 4.60. The molecule has 0 atom stereocenters. The van der Waals surface area contributed by atoms with E-state index < -0.39 is 16.1 Å². The van der Waals surface area contributed by atoms with E-state index in [0.717, 1.165) is 61.3 Å². The third kappa shape index (κ3) is 3.10. The smallest absolute Gasteiger partial charge is 0.307 e. The van der Waals surface area contributed by atoms with Crippen LogP contribution in [0.1, 0.15) is 40.7 Å². The van der Waals surface area contributed by atoms with Crippen molar-refractivity contribution >= 4 is 33.5 Å². The van der Waals surface area contributed by atoms with Gasteiger partial charge in [-0.25, -0.2) is 17.9 Å². The van der Waals surface area contributed by atoms with Gasteiger partial charge in [-0.1, -0.05) is 12.1 Å². The molecule has 1 heterocycles. The van der Waals surface area contributed by atoms with Crippen molar-refractivity contribution in [3.63, 3.8) is 0 Å². The maximum absolute atomic E-state index is 12.7. The Morgan fingerprint density at radius 2 is 1.61 bits per heavy atom. The Labute approximate surface area is 169 Å². The number of urea groups is 1. The molecule has 2 aromatic carbocycles. The second-order valence-corrected chi connectivity index (χ2v) is 10.5. The number of hydrogen-bond acceptors (Lipinski definition) is 4. The third-order valence-corrected chi connectivity index (χ3v) is 8.34. The Kier molecular flexibility index (Phi) is 4.39. The number of aryl methyl sites for hydroxylation is 3. The van der Waals surface area contributed by atoms with E-state index in [1.54, 1.807) is 23.9 Å². The summed E-state index contributed by atoms with van der Waals surface area (Å²) in [5.74, 6) is 0.969. The van der Waals surface area contributed by atoms with Gasteiger partial charge in [0.1, 0.15) is 0 Å². The summed E-state index contributed by atoms with van der Waals surface area (Å²) in [6.07, 6.45) is 7.06. The van der Waals surface area contributed by atoms with Gasteiger partial charge in [-0.15, -0.1) is 11.8 Å². The highest BCUT2D eigenvalue weighted by Gasteiger charge is 2.26. The van der Waals surface area contributed by atoms with E-state index in [9.17, 15) is 13.2 Å². The molecular formula is C21H22N2O3S2. The predicted molar refractivity (Wildman–Crippen MR) is 111 cm³/mol. The fraction of sp³-hybridized carbons (Fsp3) is 0.381. The van der Waals surface area contributed by atoms with Gasteiger partial charge in [0.05, 0.1) is 4.90 Å². The lowest BCUT2D eigenvalue weighted by Gasteiger charge is -2.16. The molecule has 0 saturated carbocycles. The molecule has 0 spiro atoms. The predicted octanol–water partition coefficient (Wildman–Crippen LogP) is 3.82. The van der Waals surface area contributed by atoms with E-state index in [-0.39, 0.29) is 4.90 Å². The molecule has 5 rings (SSSR count). The van der Waals surface area contributed by atoms with Gasteiger partial charge in [0, 0.05) is 16.3 Å². The quantitative estimate of drug-likeness (QED) is 0.801. The zero-order chi connectivity index (χ0) is 19.3. The molecule has 0 radical (unpaired) electrons. The minimum absolute atomic E-state index is 0.138. The van der Waals surface area contributed by atoms with Gasteiger partial charge in [-0.2, -0.15) is 0 Å². The maximum atomic E-state index is 12.7. The summed E-state index contributed by atoms with van der Waals surface area (Å²) in [5, 5.41) is 2.89. The van der Waals surface area contributed by atoms with Crippen molar-refractivity contribution in [2.24, 2.45) is 0 Å². The van der Waals surface area contributed by atoms with Crippen molar-refractivity contribution in [2.75, 3.05) is 11.1 Å². The summed E-state index contributed by atoms with van der Waals surface area (Å²) in [7, 11) is -3.90. The molecule has 146 valence electrons. The van der Waals surface area contributed by atoms with E-state index >= 15 is 0 Å². The number of rotatable bonds is 3. The summed E-state index contributed by atoms with van der Waals surface area (Å²) in [4.78, 5) is 13.8. The van der Waals surface area contributed by atoms with Crippen LogP contribution in [0.5, 0.6) is 0 Å². The monoisotopic (exact) mass is 414 g/mol. The number of amides is 2. The van der Waals surface area contributed by atoms with Crippen molar-refractivity contribution in [1.82, 2.24) is 4.72 Å². The second-order valence-electron chi connectivity index (χ2n) is 7.66. The van der Waals surface area contributed by atoms with Crippen LogP contribution in [0.3, 0.4) is 0 Å². The van der Waals surface area contributed by atoms with Crippen LogP contribution in [0.4, 0.5) is 10.5 Å². The van der Waals surface area contributed by atoms with Crippen LogP contribution in [0.2, 0.25) is 0 Å². The van der Waals surface area contributed by atoms with Crippen molar-refractivity contribution in [3.05, 3.63) is 52.1 Å². The SMILES string of the molecule is O=C(Nc1c2c(cc3c1CCC3)CCC2)NS(=O)(=O)c1ccc2c(c1)SCC2. The lowest BCUT2D eigenvalue weighted by Crippen LogP contribution is -2.35. The fourth-order valence-corrected chi connectivity index (χ4v) is 6.72. The topological polar surface area (TPSA) is 75.3 Å². The zero-order valence-electron chi connectivity index (χ0n) is 15.5. The second kappa shape index (κ2) is 6.81. The summed E-state index contributed by atoms with van der Waals surface area (Å²) in [5.41, 5.74) is 6.98. The molecule has 3 aliphatic rings. The minimum atomic E-state index is -3.90. The third-order valence-electron chi connectivity index (χ3n) is 5.92. The molecule has 2 aromatic rings. The molecule has 1 aliphatic heterocycles. The highest BCUT2D eigenvalue weighted by molar-refractivity contribution is 7.99. The van der Waals surface area contributed by atoms with Crippen LogP contribution in [0, 0.1) is 0 Å². The summed E-state index contributed by atoms with van der Waals surface area (Å²) >= 11 is 1.65. The number of carbonyl (C=O) groups is 1. The molecule has 2 aliphatic carbocycles. The van der Waals surface area contributed by atoms with Crippen LogP contribution < -0.4 is 10.0 Å². The maximum Gasteiger partial charge on any atom is 0.333 e. The molecule has 0 unspecified atom stereocenters. The van der Waals surface area contributed by atoms with Gasteiger partial charge in [0.15, 0.2) is 0 Å². The summed E-state index contributed by atoms with van der Waals surface area (Å²) < 4.78 is 27.6. The van der Waals surface area contributed by atoms with Gasteiger partial charge in [0.2, 0.25) is 0 Å². The molecule has 0 fully saturated rings. The number of thioether (sulfide) groups is 1. The normalized spacial score (nSPS) is 17.1. The molecule has 0 saturated heterocycles. The van der Waals surface area contributed by atoms with Gasteiger partial charge in [-0.05, 0) is 84.9 Å². The van der Waals surface area contributed by atoms with Gasteiger partial charge >= 0.3 is 6.03 Å². The van der Waals surface area contributed by atoms with E-state index in [2.05, 4.69) is 16.1 Å². The van der Waals surface area contributed by atoms with Gasteiger partial charge < -0.3 is 5.32 Å². The number of anilines is 1. The number of nitrogens with one attached hydrogen (secondary N) is 2. The van der Waals surface area contributed by atoms with E-state index in [1.807, 2.05) is 6.07 Å².